The molecular weight excluding hydrogens is 357 g/mol. The van der Waals surface area contributed by atoms with Crippen molar-refractivity contribution in [3.63, 3.8) is 0 Å². The van der Waals surface area contributed by atoms with Crippen LogP contribution in [-0.4, -0.2) is 22.5 Å². The first-order chi connectivity index (χ1) is 12.8. The summed E-state index contributed by atoms with van der Waals surface area (Å²) in [5, 5.41) is 0. The van der Waals surface area contributed by atoms with Gasteiger partial charge in [0.1, 0.15) is 5.69 Å². The van der Waals surface area contributed by atoms with Crippen molar-refractivity contribution < 1.29 is 22.7 Å². The number of nitrogens with zero attached hydrogens (tertiary/aromatic N) is 2. The van der Waals surface area contributed by atoms with E-state index in [9.17, 15) is 18.0 Å². The molecule has 0 aromatic carbocycles. The molecule has 0 bridgehead atoms. The van der Waals surface area contributed by atoms with Crippen LogP contribution >= 0.6 is 0 Å². The second-order valence-corrected chi connectivity index (χ2v) is 6.29. The molecule has 2 heterocycles. The van der Waals surface area contributed by atoms with E-state index in [1.54, 1.807) is 32.0 Å². The highest BCUT2D eigenvalue weighted by atomic mass is 19.4. The van der Waals surface area contributed by atoms with Crippen LogP contribution in [0.4, 0.5) is 13.2 Å². The number of ether oxygens (including phenoxy) is 1. The third-order valence-corrected chi connectivity index (χ3v) is 4.50. The van der Waals surface area contributed by atoms with E-state index in [4.69, 9.17) is 4.74 Å². The SMILES string of the molecule is CCOC(=O)c1cccc(C2=C(c3cc(C(F)(F)F)cnc3C)CCC2)n1. The van der Waals surface area contributed by atoms with E-state index >= 15 is 0 Å². The highest BCUT2D eigenvalue weighted by molar-refractivity contribution is 5.94. The lowest BCUT2D eigenvalue weighted by atomic mass is 9.97. The Balaban J connectivity index is 2.07. The number of alkyl halides is 3. The van der Waals surface area contributed by atoms with Gasteiger partial charge in [0, 0.05) is 11.9 Å². The number of aryl methyl sites for hydroxylation is 1. The van der Waals surface area contributed by atoms with Gasteiger partial charge in [0.2, 0.25) is 0 Å². The zero-order valence-electron chi connectivity index (χ0n) is 15.1. The first-order valence-electron chi connectivity index (χ1n) is 8.72. The quantitative estimate of drug-likeness (QED) is 0.699. The number of carbonyl (C=O) groups excluding carboxylic acids is 1. The Hall–Kier alpha value is -2.70. The molecule has 1 aliphatic carbocycles. The summed E-state index contributed by atoms with van der Waals surface area (Å²) < 4.78 is 44.3. The highest BCUT2D eigenvalue weighted by Gasteiger charge is 2.32. The van der Waals surface area contributed by atoms with Gasteiger partial charge in [-0.05, 0) is 68.0 Å². The molecule has 2 aromatic heterocycles. The predicted octanol–water partition coefficient (Wildman–Crippen LogP) is 5.08. The highest BCUT2D eigenvalue weighted by Crippen LogP contribution is 2.41. The van der Waals surface area contributed by atoms with E-state index in [1.165, 1.54) is 0 Å². The Labute approximate surface area is 155 Å². The molecule has 0 aliphatic heterocycles. The minimum absolute atomic E-state index is 0.187. The number of allylic oxidation sites excluding steroid dienone is 2. The average molecular weight is 376 g/mol. The maximum atomic E-state index is 13.1. The second kappa shape index (κ2) is 7.50. The maximum absolute atomic E-state index is 13.1. The fourth-order valence-electron chi connectivity index (χ4n) is 3.24. The maximum Gasteiger partial charge on any atom is 0.417 e. The van der Waals surface area contributed by atoms with E-state index < -0.39 is 17.7 Å². The zero-order chi connectivity index (χ0) is 19.6. The number of aromatic nitrogens is 2. The Morgan fingerprint density at radius 2 is 1.96 bits per heavy atom. The van der Waals surface area contributed by atoms with Crippen LogP contribution in [0.25, 0.3) is 11.1 Å². The van der Waals surface area contributed by atoms with E-state index in [2.05, 4.69) is 9.97 Å². The summed E-state index contributed by atoms with van der Waals surface area (Å²) >= 11 is 0. The summed E-state index contributed by atoms with van der Waals surface area (Å²) in [7, 11) is 0. The van der Waals surface area contributed by atoms with Crippen molar-refractivity contribution in [2.24, 2.45) is 0 Å². The fraction of sp³-hybridized carbons (Fsp3) is 0.350. The van der Waals surface area contributed by atoms with E-state index in [0.29, 0.717) is 29.8 Å². The van der Waals surface area contributed by atoms with Gasteiger partial charge in [0.25, 0.3) is 0 Å². The van der Waals surface area contributed by atoms with Crippen LogP contribution in [-0.2, 0) is 10.9 Å². The fourth-order valence-corrected chi connectivity index (χ4v) is 3.24. The molecule has 7 heteroatoms. The Kier molecular flexibility index (Phi) is 5.30. The molecule has 3 rings (SSSR count). The molecular formula is C20H19F3N2O2. The molecule has 1 aliphatic rings. The van der Waals surface area contributed by atoms with Gasteiger partial charge >= 0.3 is 12.1 Å². The molecule has 0 spiro atoms. The summed E-state index contributed by atoms with van der Waals surface area (Å²) in [6.07, 6.45) is -1.45. The summed E-state index contributed by atoms with van der Waals surface area (Å²) in [4.78, 5) is 20.3. The van der Waals surface area contributed by atoms with Gasteiger partial charge in [-0.1, -0.05) is 6.07 Å². The molecule has 0 fully saturated rings. The number of halogens is 3. The lowest BCUT2D eigenvalue weighted by Gasteiger charge is -2.14. The van der Waals surface area contributed by atoms with Gasteiger partial charge in [0.15, 0.2) is 0 Å². The Bertz CT molecular complexity index is 904. The molecule has 0 radical (unpaired) electrons. The van der Waals surface area contributed by atoms with Crippen LogP contribution in [0.1, 0.15) is 59.2 Å². The van der Waals surface area contributed by atoms with Crippen molar-refractivity contribution >= 4 is 17.1 Å². The molecule has 0 saturated carbocycles. The topological polar surface area (TPSA) is 52.1 Å². The lowest BCUT2D eigenvalue weighted by molar-refractivity contribution is -0.137. The van der Waals surface area contributed by atoms with Crippen LogP contribution in [0.15, 0.2) is 30.5 Å². The van der Waals surface area contributed by atoms with Crippen molar-refractivity contribution in [1.29, 1.82) is 0 Å². The minimum atomic E-state index is -4.45. The molecule has 0 atom stereocenters. The van der Waals surface area contributed by atoms with Crippen molar-refractivity contribution in [1.82, 2.24) is 9.97 Å². The van der Waals surface area contributed by atoms with E-state index in [1.807, 2.05) is 0 Å². The predicted molar refractivity (Wildman–Crippen MR) is 94.8 cm³/mol. The largest absolute Gasteiger partial charge is 0.461 e. The molecule has 0 saturated heterocycles. The third-order valence-electron chi connectivity index (χ3n) is 4.50. The van der Waals surface area contributed by atoms with Crippen molar-refractivity contribution in [2.45, 2.75) is 39.3 Å². The molecule has 2 aromatic rings. The normalized spacial score (nSPS) is 14.6. The molecule has 0 amide bonds. The van der Waals surface area contributed by atoms with Crippen molar-refractivity contribution in [2.75, 3.05) is 6.61 Å². The first-order valence-corrected chi connectivity index (χ1v) is 8.72. The second-order valence-electron chi connectivity index (χ2n) is 6.29. The smallest absolute Gasteiger partial charge is 0.417 e. The first kappa shape index (κ1) is 19.1. The van der Waals surface area contributed by atoms with Gasteiger partial charge in [-0.15, -0.1) is 0 Å². The Morgan fingerprint density at radius 3 is 2.67 bits per heavy atom. The number of hydrogen-bond donors (Lipinski definition) is 0. The summed E-state index contributed by atoms with van der Waals surface area (Å²) in [6, 6.07) is 6.18. The number of esters is 1. The zero-order valence-corrected chi connectivity index (χ0v) is 15.1. The van der Waals surface area contributed by atoms with Gasteiger partial charge in [-0.3, -0.25) is 4.98 Å². The summed E-state index contributed by atoms with van der Waals surface area (Å²) in [6.45, 7) is 3.65. The molecule has 4 nitrogen and oxygen atoms in total. The summed E-state index contributed by atoms with van der Waals surface area (Å²) in [5.74, 6) is -0.517. The number of pyridine rings is 2. The third kappa shape index (κ3) is 4.02. The monoisotopic (exact) mass is 376 g/mol. The molecule has 0 N–H and O–H groups in total. The standard InChI is InChI=1S/C20H19F3N2O2/c1-3-27-19(26)18-9-5-8-17(25-18)15-7-4-6-14(15)16-10-13(20(21,22)23)11-24-12(16)2/h5,8-11H,3-4,6-7H2,1-2H3. The van der Waals surface area contributed by atoms with Crippen LogP contribution in [0.5, 0.6) is 0 Å². The van der Waals surface area contributed by atoms with Crippen LogP contribution < -0.4 is 0 Å². The number of carbonyl (C=O) groups is 1. The van der Waals surface area contributed by atoms with Crippen LogP contribution in [0.3, 0.4) is 0 Å². The van der Waals surface area contributed by atoms with Crippen molar-refractivity contribution in [3.8, 4) is 0 Å². The molecule has 142 valence electrons. The average Bonchev–Trinajstić information content (AvgIpc) is 3.11. The van der Waals surface area contributed by atoms with E-state index in [0.717, 1.165) is 29.8 Å². The van der Waals surface area contributed by atoms with Gasteiger partial charge < -0.3 is 4.74 Å². The van der Waals surface area contributed by atoms with Crippen molar-refractivity contribution in [3.05, 3.63) is 58.7 Å². The molecule has 0 unspecified atom stereocenters. The van der Waals surface area contributed by atoms with Crippen LogP contribution in [0.2, 0.25) is 0 Å². The Morgan fingerprint density at radius 1 is 1.22 bits per heavy atom. The number of hydrogen-bond acceptors (Lipinski definition) is 4. The lowest BCUT2D eigenvalue weighted by Crippen LogP contribution is -2.08. The van der Waals surface area contributed by atoms with E-state index in [-0.39, 0.29) is 12.3 Å². The van der Waals surface area contributed by atoms with Gasteiger partial charge in [-0.2, -0.15) is 13.2 Å². The summed E-state index contributed by atoms with van der Waals surface area (Å²) in [5.41, 5.74) is 2.69. The van der Waals surface area contributed by atoms with Gasteiger partial charge in [-0.25, -0.2) is 9.78 Å². The molecule has 27 heavy (non-hydrogen) atoms. The number of rotatable bonds is 4. The van der Waals surface area contributed by atoms with Gasteiger partial charge in [0.05, 0.1) is 17.9 Å². The van der Waals surface area contributed by atoms with Crippen LogP contribution in [0, 0.1) is 6.92 Å². The minimum Gasteiger partial charge on any atom is -0.461 e.